The van der Waals surface area contributed by atoms with Crippen molar-refractivity contribution in [1.29, 1.82) is 0 Å². The SMILES string of the molecule is COc1cccc(N(CC(C)C)C(=O)c2ncc[nH]c2=O)c1OC. The molecular formula is C17H21N3O4. The van der Waals surface area contributed by atoms with E-state index in [1.54, 1.807) is 18.2 Å². The van der Waals surface area contributed by atoms with Gasteiger partial charge in [0.15, 0.2) is 17.2 Å². The molecule has 2 aromatic rings. The molecule has 0 aliphatic rings. The maximum Gasteiger partial charge on any atom is 0.282 e. The zero-order chi connectivity index (χ0) is 17.7. The summed E-state index contributed by atoms with van der Waals surface area (Å²) in [5.74, 6) is 0.623. The van der Waals surface area contributed by atoms with Crippen LogP contribution in [-0.4, -0.2) is 36.6 Å². The summed E-state index contributed by atoms with van der Waals surface area (Å²) in [5.41, 5.74) is -0.165. The summed E-state index contributed by atoms with van der Waals surface area (Å²) in [4.78, 5) is 32.7. The standard InChI is InChI=1S/C17H21N3O4/c1-11(2)10-20(17(22)14-16(21)19-9-8-18-14)12-6-5-7-13(23-3)15(12)24-4/h5-9,11H,10H2,1-4H3,(H,19,21). The van der Waals surface area contributed by atoms with E-state index in [2.05, 4.69) is 9.97 Å². The summed E-state index contributed by atoms with van der Waals surface area (Å²) in [5, 5.41) is 0. The lowest BCUT2D eigenvalue weighted by molar-refractivity contribution is 0.0976. The van der Waals surface area contributed by atoms with Crippen LogP contribution in [0.5, 0.6) is 11.5 Å². The number of nitrogens with zero attached hydrogens (tertiary/aromatic N) is 2. The van der Waals surface area contributed by atoms with Crippen molar-refractivity contribution in [3.63, 3.8) is 0 Å². The van der Waals surface area contributed by atoms with E-state index in [0.29, 0.717) is 23.7 Å². The lowest BCUT2D eigenvalue weighted by Gasteiger charge is -2.26. The zero-order valence-electron chi connectivity index (χ0n) is 14.2. The summed E-state index contributed by atoms with van der Waals surface area (Å²) in [6.07, 6.45) is 2.77. The van der Waals surface area contributed by atoms with Crippen LogP contribution in [0.3, 0.4) is 0 Å². The van der Waals surface area contributed by atoms with Gasteiger partial charge in [-0.05, 0) is 18.1 Å². The average Bonchev–Trinajstić information content (AvgIpc) is 2.58. The van der Waals surface area contributed by atoms with Crippen LogP contribution >= 0.6 is 0 Å². The van der Waals surface area contributed by atoms with E-state index < -0.39 is 11.5 Å². The van der Waals surface area contributed by atoms with E-state index in [0.717, 1.165) is 0 Å². The summed E-state index contributed by atoms with van der Waals surface area (Å²) in [6.45, 7) is 4.36. The molecule has 128 valence electrons. The van der Waals surface area contributed by atoms with Crippen molar-refractivity contribution in [2.24, 2.45) is 5.92 Å². The molecule has 24 heavy (non-hydrogen) atoms. The minimum Gasteiger partial charge on any atom is -0.493 e. The Morgan fingerprint density at radius 3 is 2.62 bits per heavy atom. The quantitative estimate of drug-likeness (QED) is 0.876. The number of amides is 1. The third-order valence-electron chi connectivity index (χ3n) is 3.38. The Hall–Kier alpha value is -2.83. The number of H-pyrrole nitrogens is 1. The van der Waals surface area contributed by atoms with Gasteiger partial charge in [-0.2, -0.15) is 0 Å². The van der Waals surface area contributed by atoms with Crippen LogP contribution in [-0.2, 0) is 0 Å². The molecule has 1 N–H and O–H groups in total. The number of para-hydroxylation sites is 1. The highest BCUT2D eigenvalue weighted by atomic mass is 16.5. The van der Waals surface area contributed by atoms with Crippen LogP contribution < -0.4 is 19.9 Å². The van der Waals surface area contributed by atoms with E-state index in [-0.39, 0.29) is 11.6 Å². The Bertz CT molecular complexity index is 770. The van der Waals surface area contributed by atoms with Gasteiger partial charge in [-0.25, -0.2) is 4.98 Å². The maximum absolute atomic E-state index is 12.9. The highest BCUT2D eigenvalue weighted by Crippen LogP contribution is 2.37. The second kappa shape index (κ2) is 7.63. The van der Waals surface area contributed by atoms with Crippen LogP contribution in [0.15, 0.2) is 35.4 Å². The molecule has 0 saturated carbocycles. The topological polar surface area (TPSA) is 84.5 Å². The summed E-state index contributed by atoms with van der Waals surface area (Å²) in [7, 11) is 3.03. The summed E-state index contributed by atoms with van der Waals surface area (Å²) >= 11 is 0. The van der Waals surface area contributed by atoms with E-state index in [9.17, 15) is 9.59 Å². The number of hydrogen-bond acceptors (Lipinski definition) is 5. The van der Waals surface area contributed by atoms with Gasteiger partial charge in [-0.15, -0.1) is 0 Å². The van der Waals surface area contributed by atoms with Gasteiger partial charge in [0.2, 0.25) is 0 Å². The number of methoxy groups -OCH3 is 2. The number of carbonyl (C=O) groups is 1. The fourth-order valence-electron chi connectivity index (χ4n) is 2.37. The van der Waals surface area contributed by atoms with Gasteiger partial charge in [0.05, 0.1) is 19.9 Å². The minimum atomic E-state index is -0.530. The largest absolute Gasteiger partial charge is 0.493 e. The Morgan fingerprint density at radius 2 is 2.04 bits per heavy atom. The molecule has 7 heteroatoms. The van der Waals surface area contributed by atoms with Crippen molar-refractivity contribution >= 4 is 11.6 Å². The van der Waals surface area contributed by atoms with Crippen molar-refractivity contribution in [2.75, 3.05) is 25.7 Å². The monoisotopic (exact) mass is 331 g/mol. The number of ether oxygens (including phenoxy) is 2. The number of carbonyl (C=O) groups excluding carboxylic acids is 1. The molecule has 0 saturated heterocycles. The molecule has 1 amide bonds. The molecule has 1 aromatic heterocycles. The predicted molar refractivity (Wildman–Crippen MR) is 90.9 cm³/mol. The number of benzene rings is 1. The highest BCUT2D eigenvalue weighted by molar-refractivity contribution is 6.05. The second-order valence-electron chi connectivity index (χ2n) is 5.59. The Kier molecular flexibility index (Phi) is 5.57. The number of aromatic nitrogens is 2. The Labute approximate surface area is 140 Å². The van der Waals surface area contributed by atoms with Gasteiger partial charge in [0.1, 0.15) is 0 Å². The molecule has 0 bridgehead atoms. The minimum absolute atomic E-state index is 0.164. The lowest BCUT2D eigenvalue weighted by atomic mass is 10.1. The van der Waals surface area contributed by atoms with Crippen molar-refractivity contribution in [2.45, 2.75) is 13.8 Å². The molecular weight excluding hydrogens is 310 g/mol. The normalized spacial score (nSPS) is 10.5. The molecule has 1 aromatic carbocycles. The first kappa shape index (κ1) is 17.5. The number of hydrogen-bond donors (Lipinski definition) is 1. The van der Waals surface area contributed by atoms with Crippen LogP contribution in [0.2, 0.25) is 0 Å². The molecule has 0 atom stereocenters. The molecule has 1 heterocycles. The second-order valence-corrected chi connectivity index (χ2v) is 5.59. The number of rotatable bonds is 6. The molecule has 7 nitrogen and oxygen atoms in total. The van der Waals surface area contributed by atoms with Crippen molar-refractivity contribution in [3.05, 3.63) is 46.6 Å². The van der Waals surface area contributed by atoms with Gasteiger partial charge in [-0.1, -0.05) is 19.9 Å². The van der Waals surface area contributed by atoms with Crippen LogP contribution in [0.4, 0.5) is 5.69 Å². The van der Waals surface area contributed by atoms with E-state index in [4.69, 9.17) is 9.47 Å². The van der Waals surface area contributed by atoms with E-state index in [1.807, 2.05) is 13.8 Å². The molecule has 0 aliphatic heterocycles. The van der Waals surface area contributed by atoms with Crippen molar-refractivity contribution in [1.82, 2.24) is 9.97 Å². The number of nitrogens with one attached hydrogen (secondary N) is 1. The van der Waals surface area contributed by atoms with Gasteiger partial charge in [-0.3, -0.25) is 9.59 Å². The van der Waals surface area contributed by atoms with Gasteiger partial charge < -0.3 is 19.4 Å². The summed E-state index contributed by atoms with van der Waals surface area (Å²) in [6, 6.07) is 5.26. The Balaban J connectivity index is 2.56. The molecule has 0 fully saturated rings. The molecule has 2 rings (SSSR count). The van der Waals surface area contributed by atoms with Gasteiger partial charge >= 0.3 is 0 Å². The smallest absolute Gasteiger partial charge is 0.282 e. The van der Waals surface area contributed by atoms with E-state index >= 15 is 0 Å². The lowest BCUT2D eigenvalue weighted by Crippen LogP contribution is -2.38. The molecule has 0 radical (unpaired) electrons. The number of aromatic amines is 1. The van der Waals surface area contributed by atoms with Crippen LogP contribution in [0, 0.1) is 5.92 Å². The first-order chi connectivity index (χ1) is 11.5. The molecule has 0 aliphatic carbocycles. The van der Waals surface area contributed by atoms with Crippen LogP contribution in [0.1, 0.15) is 24.3 Å². The molecule has 0 unspecified atom stereocenters. The van der Waals surface area contributed by atoms with Gasteiger partial charge in [0, 0.05) is 18.9 Å². The van der Waals surface area contributed by atoms with Crippen molar-refractivity contribution in [3.8, 4) is 11.5 Å². The number of anilines is 1. The summed E-state index contributed by atoms with van der Waals surface area (Å²) < 4.78 is 10.7. The fourth-order valence-corrected chi connectivity index (χ4v) is 2.37. The van der Waals surface area contributed by atoms with Crippen molar-refractivity contribution < 1.29 is 14.3 Å². The first-order valence-corrected chi connectivity index (χ1v) is 7.56. The van der Waals surface area contributed by atoms with Gasteiger partial charge in [0.25, 0.3) is 11.5 Å². The third-order valence-corrected chi connectivity index (χ3v) is 3.38. The molecule has 0 spiro atoms. The first-order valence-electron chi connectivity index (χ1n) is 7.56. The van der Waals surface area contributed by atoms with Crippen LogP contribution in [0.25, 0.3) is 0 Å². The fraction of sp³-hybridized carbons (Fsp3) is 0.353. The Morgan fingerprint density at radius 1 is 1.29 bits per heavy atom. The maximum atomic E-state index is 12.9. The third kappa shape index (κ3) is 3.56. The zero-order valence-corrected chi connectivity index (χ0v) is 14.2. The van der Waals surface area contributed by atoms with E-state index in [1.165, 1.54) is 31.5 Å². The predicted octanol–water partition coefficient (Wildman–Crippen LogP) is 2.09. The highest BCUT2D eigenvalue weighted by Gasteiger charge is 2.26. The average molecular weight is 331 g/mol.